The van der Waals surface area contributed by atoms with Crippen LogP contribution in [0.4, 0.5) is 0 Å². The zero-order chi connectivity index (χ0) is 16.8. The first kappa shape index (κ1) is 17.2. The van der Waals surface area contributed by atoms with Gasteiger partial charge < -0.3 is 9.80 Å². The van der Waals surface area contributed by atoms with Crippen molar-refractivity contribution in [3.05, 3.63) is 42.2 Å². The molecule has 1 saturated heterocycles. The average molecular weight is 327 g/mol. The Morgan fingerprint density at radius 1 is 1.21 bits per heavy atom. The van der Waals surface area contributed by atoms with Gasteiger partial charge in [0.05, 0.1) is 0 Å². The van der Waals surface area contributed by atoms with E-state index in [-0.39, 0.29) is 5.92 Å². The third-order valence-corrected chi connectivity index (χ3v) is 5.54. The summed E-state index contributed by atoms with van der Waals surface area (Å²) in [6.07, 6.45) is 14.4. The molecule has 130 valence electrons. The summed E-state index contributed by atoms with van der Waals surface area (Å²) < 4.78 is 0. The first-order valence-electron chi connectivity index (χ1n) is 9.27. The van der Waals surface area contributed by atoms with E-state index in [4.69, 9.17) is 0 Å². The number of allylic oxidation sites excluding steroid dienone is 2. The number of piperidine rings is 1. The second kappa shape index (κ2) is 8.43. The Bertz CT molecular complexity index is 549. The SMILES string of the molecule is CN(C(=O)[C@@H]1CC=CCC1)C1CCN(CCc2ccncc2)CC1. The fraction of sp³-hybridized carbons (Fsp3) is 0.600. The molecule has 1 amide bonds. The zero-order valence-electron chi connectivity index (χ0n) is 14.7. The summed E-state index contributed by atoms with van der Waals surface area (Å²) in [7, 11) is 2.01. The number of hydrogen-bond donors (Lipinski definition) is 0. The van der Waals surface area contributed by atoms with Crippen LogP contribution < -0.4 is 0 Å². The van der Waals surface area contributed by atoms with Crippen LogP contribution in [0.3, 0.4) is 0 Å². The molecule has 1 atom stereocenters. The summed E-state index contributed by atoms with van der Waals surface area (Å²) in [5.74, 6) is 0.569. The van der Waals surface area contributed by atoms with Gasteiger partial charge in [-0.2, -0.15) is 0 Å². The maximum Gasteiger partial charge on any atom is 0.225 e. The number of amides is 1. The molecule has 2 heterocycles. The Morgan fingerprint density at radius 3 is 2.62 bits per heavy atom. The van der Waals surface area contributed by atoms with E-state index in [1.807, 2.05) is 24.3 Å². The summed E-state index contributed by atoms with van der Waals surface area (Å²) in [5, 5.41) is 0. The molecular weight excluding hydrogens is 298 g/mol. The molecule has 0 radical (unpaired) electrons. The third kappa shape index (κ3) is 4.44. The van der Waals surface area contributed by atoms with Crippen molar-refractivity contribution in [3.63, 3.8) is 0 Å². The largest absolute Gasteiger partial charge is 0.342 e. The van der Waals surface area contributed by atoms with Crippen LogP contribution in [0.5, 0.6) is 0 Å². The van der Waals surface area contributed by atoms with E-state index in [1.54, 1.807) is 0 Å². The Hall–Kier alpha value is -1.68. The van der Waals surface area contributed by atoms with E-state index in [1.165, 1.54) is 5.56 Å². The van der Waals surface area contributed by atoms with Gasteiger partial charge in [0.25, 0.3) is 0 Å². The molecule has 4 nitrogen and oxygen atoms in total. The van der Waals surface area contributed by atoms with E-state index in [9.17, 15) is 4.79 Å². The number of hydrogen-bond acceptors (Lipinski definition) is 3. The smallest absolute Gasteiger partial charge is 0.225 e. The average Bonchev–Trinajstić information content (AvgIpc) is 2.67. The van der Waals surface area contributed by atoms with Gasteiger partial charge in [0.1, 0.15) is 0 Å². The number of carbonyl (C=O) groups excluding carboxylic acids is 1. The first-order chi connectivity index (χ1) is 11.7. The highest BCUT2D eigenvalue weighted by Crippen LogP contribution is 2.23. The highest BCUT2D eigenvalue weighted by Gasteiger charge is 2.29. The van der Waals surface area contributed by atoms with Crippen LogP contribution in [-0.2, 0) is 11.2 Å². The molecule has 3 rings (SSSR count). The van der Waals surface area contributed by atoms with E-state index in [2.05, 4.69) is 34.2 Å². The van der Waals surface area contributed by atoms with Gasteiger partial charge in [-0.25, -0.2) is 0 Å². The van der Waals surface area contributed by atoms with Crippen LogP contribution in [-0.4, -0.2) is 53.4 Å². The number of carbonyl (C=O) groups is 1. The van der Waals surface area contributed by atoms with Gasteiger partial charge >= 0.3 is 0 Å². The molecule has 1 fully saturated rings. The van der Waals surface area contributed by atoms with E-state index < -0.39 is 0 Å². The van der Waals surface area contributed by atoms with Crippen molar-refractivity contribution in [3.8, 4) is 0 Å². The lowest BCUT2D eigenvalue weighted by atomic mass is 9.92. The molecule has 0 spiro atoms. The predicted octanol–water partition coefficient (Wildman–Crippen LogP) is 2.90. The second-order valence-corrected chi connectivity index (χ2v) is 7.11. The summed E-state index contributed by atoms with van der Waals surface area (Å²) >= 11 is 0. The van der Waals surface area contributed by atoms with Gasteiger partial charge in [-0.3, -0.25) is 9.78 Å². The molecule has 0 bridgehead atoms. The van der Waals surface area contributed by atoms with Gasteiger partial charge in [0, 0.05) is 51.0 Å². The van der Waals surface area contributed by atoms with Crippen molar-refractivity contribution >= 4 is 5.91 Å². The number of pyridine rings is 1. The van der Waals surface area contributed by atoms with Crippen LogP contribution in [0.15, 0.2) is 36.7 Å². The lowest BCUT2D eigenvalue weighted by Gasteiger charge is -2.38. The normalized spacial score (nSPS) is 22.5. The molecule has 2 aliphatic rings. The van der Waals surface area contributed by atoms with Gasteiger partial charge in [0.2, 0.25) is 5.91 Å². The fourth-order valence-corrected chi connectivity index (χ4v) is 3.85. The van der Waals surface area contributed by atoms with Crippen molar-refractivity contribution in [2.75, 3.05) is 26.7 Å². The van der Waals surface area contributed by atoms with E-state index >= 15 is 0 Å². The fourth-order valence-electron chi connectivity index (χ4n) is 3.85. The van der Waals surface area contributed by atoms with Crippen LogP contribution in [0, 0.1) is 5.92 Å². The van der Waals surface area contributed by atoms with Crippen molar-refractivity contribution < 1.29 is 4.79 Å². The highest BCUT2D eigenvalue weighted by atomic mass is 16.2. The minimum Gasteiger partial charge on any atom is -0.342 e. The second-order valence-electron chi connectivity index (χ2n) is 7.11. The van der Waals surface area contributed by atoms with Crippen molar-refractivity contribution in [2.24, 2.45) is 5.92 Å². The van der Waals surface area contributed by atoms with Crippen LogP contribution in [0.1, 0.15) is 37.7 Å². The minimum absolute atomic E-state index is 0.213. The summed E-state index contributed by atoms with van der Waals surface area (Å²) in [4.78, 5) is 21.3. The Balaban J connectivity index is 1.42. The van der Waals surface area contributed by atoms with Crippen LogP contribution >= 0.6 is 0 Å². The standard InChI is InChI=1S/C20H29N3O/c1-22(20(24)18-5-3-2-4-6-18)19-10-15-23(16-11-19)14-9-17-7-12-21-13-8-17/h2-3,7-8,12-13,18-19H,4-6,9-11,14-16H2,1H3/t18-/m1/s1. The van der Waals surface area contributed by atoms with E-state index in [0.717, 1.165) is 58.2 Å². The molecule has 1 aromatic rings. The number of rotatable bonds is 5. The Morgan fingerprint density at radius 2 is 1.96 bits per heavy atom. The molecule has 24 heavy (non-hydrogen) atoms. The predicted molar refractivity (Wildman–Crippen MR) is 96.7 cm³/mol. The van der Waals surface area contributed by atoms with Crippen molar-refractivity contribution in [2.45, 2.75) is 44.6 Å². The van der Waals surface area contributed by atoms with Gasteiger partial charge in [0.15, 0.2) is 0 Å². The van der Waals surface area contributed by atoms with Gasteiger partial charge in [-0.15, -0.1) is 0 Å². The quantitative estimate of drug-likeness (QED) is 0.780. The Kier molecular flexibility index (Phi) is 6.02. The van der Waals surface area contributed by atoms with Gasteiger partial charge in [-0.1, -0.05) is 12.2 Å². The monoisotopic (exact) mass is 327 g/mol. The molecule has 1 aliphatic heterocycles. The van der Waals surface area contributed by atoms with E-state index in [0.29, 0.717) is 11.9 Å². The van der Waals surface area contributed by atoms with Crippen LogP contribution in [0.25, 0.3) is 0 Å². The van der Waals surface area contributed by atoms with Gasteiger partial charge in [-0.05, 0) is 56.2 Å². The molecule has 4 heteroatoms. The lowest BCUT2D eigenvalue weighted by molar-refractivity contribution is -0.137. The zero-order valence-corrected chi connectivity index (χ0v) is 14.7. The topological polar surface area (TPSA) is 36.4 Å². The molecule has 0 saturated carbocycles. The van der Waals surface area contributed by atoms with Crippen molar-refractivity contribution in [1.82, 2.24) is 14.8 Å². The van der Waals surface area contributed by atoms with Crippen molar-refractivity contribution in [1.29, 1.82) is 0 Å². The summed E-state index contributed by atoms with van der Waals surface area (Å²) in [5.41, 5.74) is 1.35. The summed E-state index contributed by atoms with van der Waals surface area (Å²) in [6, 6.07) is 4.61. The number of likely N-dealkylation sites (tertiary alicyclic amines) is 1. The molecule has 0 aromatic carbocycles. The molecule has 0 unspecified atom stereocenters. The third-order valence-electron chi connectivity index (χ3n) is 5.54. The number of aromatic nitrogens is 1. The molecule has 0 N–H and O–H groups in total. The Labute approximate surface area is 145 Å². The maximum absolute atomic E-state index is 12.7. The summed E-state index contributed by atoms with van der Waals surface area (Å²) in [6.45, 7) is 3.29. The maximum atomic E-state index is 12.7. The molecular formula is C20H29N3O. The van der Waals surface area contributed by atoms with Crippen LogP contribution in [0.2, 0.25) is 0 Å². The highest BCUT2D eigenvalue weighted by molar-refractivity contribution is 5.79. The number of nitrogens with zero attached hydrogens (tertiary/aromatic N) is 3. The first-order valence-corrected chi connectivity index (χ1v) is 9.27. The minimum atomic E-state index is 0.213. The molecule has 1 aromatic heterocycles. The molecule has 1 aliphatic carbocycles. The lowest BCUT2D eigenvalue weighted by Crippen LogP contribution is -2.47.